The predicted octanol–water partition coefficient (Wildman–Crippen LogP) is 3.48. The topological polar surface area (TPSA) is 36.1 Å². The fraction of sp³-hybridized carbons (Fsp3) is 0.438. The fourth-order valence-electron chi connectivity index (χ4n) is 2.81. The summed E-state index contributed by atoms with van der Waals surface area (Å²) in [5.41, 5.74) is 2.11. The molecule has 1 saturated heterocycles. The zero-order valence-corrected chi connectivity index (χ0v) is 12.4. The highest BCUT2D eigenvalue weighted by Gasteiger charge is 2.15. The van der Waals surface area contributed by atoms with Crippen LogP contribution in [0.25, 0.3) is 11.3 Å². The van der Waals surface area contributed by atoms with Crippen LogP contribution in [0.15, 0.2) is 35.1 Å². The SMILES string of the molecule is O=c1[nH]c(-c2ccccc2)c(CN2CCCCCC2)s1. The Bertz CT molecular complexity index is 594. The fourth-order valence-corrected chi connectivity index (χ4v) is 3.70. The molecule has 1 aromatic heterocycles. The zero-order chi connectivity index (χ0) is 13.8. The molecule has 0 amide bonds. The molecular formula is C16H20N2OS. The predicted molar refractivity (Wildman–Crippen MR) is 84.1 cm³/mol. The molecule has 1 N–H and O–H groups in total. The summed E-state index contributed by atoms with van der Waals surface area (Å²) in [7, 11) is 0. The minimum atomic E-state index is 0.0497. The Labute approximate surface area is 123 Å². The second-order valence-electron chi connectivity index (χ2n) is 5.37. The van der Waals surface area contributed by atoms with E-state index in [1.54, 1.807) is 0 Å². The number of nitrogens with zero attached hydrogens (tertiary/aromatic N) is 1. The minimum absolute atomic E-state index is 0.0497. The van der Waals surface area contributed by atoms with E-state index in [1.165, 1.54) is 41.9 Å². The van der Waals surface area contributed by atoms with Gasteiger partial charge in [0.15, 0.2) is 0 Å². The maximum Gasteiger partial charge on any atom is 0.305 e. The lowest BCUT2D eigenvalue weighted by molar-refractivity contribution is 0.279. The molecule has 20 heavy (non-hydrogen) atoms. The first-order chi connectivity index (χ1) is 9.83. The Morgan fingerprint density at radius 2 is 1.75 bits per heavy atom. The molecule has 0 atom stereocenters. The van der Waals surface area contributed by atoms with Gasteiger partial charge in [-0.15, -0.1) is 0 Å². The molecule has 0 bridgehead atoms. The molecule has 0 saturated carbocycles. The first kappa shape index (κ1) is 13.6. The highest BCUT2D eigenvalue weighted by molar-refractivity contribution is 7.09. The Balaban J connectivity index is 1.84. The number of nitrogens with one attached hydrogen (secondary N) is 1. The van der Waals surface area contributed by atoms with Crippen LogP contribution in [0, 0.1) is 0 Å². The van der Waals surface area contributed by atoms with Crippen molar-refractivity contribution < 1.29 is 0 Å². The van der Waals surface area contributed by atoms with Crippen molar-refractivity contribution in [2.24, 2.45) is 0 Å². The monoisotopic (exact) mass is 288 g/mol. The van der Waals surface area contributed by atoms with E-state index in [4.69, 9.17) is 0 Å². The van der Waals surface area contributed by atoms with Crippen molar-refractivity contribution in [3.05, 3.63) is 44.9 Å². The Morgan fingerprint density at radius 1 is 1.05 bits per heavy atom. The maximum atomic E-state index is 11.7. The first-order valence-corrected chi connectivity index (χ1v) is 8.14. The number of H-pyrrole nitrogens is 1. The Hall–Kier alpha value is -1.39. The molecule has 3 rings (SSSR count). The van der Waals surface area contributed by atoms with Crippen LogP contribution in [0.1, 0.15) is 30.6 Å². The van der Waals surface area contributed by atoms with Gasteiger partial charge in [0.25, 0.3) is 0 Å². The lowest BCUT2D eigenvalue weighted by Gasteiger charge is -2.19. The smallest absolute Gasteiger partial charge is 0.305 e. The molecular weight excluding hydrogens is 268 g/mol. The van der Waals surface area contributed by atoms with E-state index in [0.29, 0.717) is 0 Å². The average Bonchev–Trinajstić information content (AvgIpc) is 2.67. The number of hydrogen-bond donors (Lipinski definition) is 1. The van der Waals surface area contributed by atoms with Crippen LogP contribution >= 0.6 is 11.3 Å². The molecule has 1 fully saturated rings. The lowest BCUT2D eigenvalue weighted by Crippen LogP contribution is -2.23. The molecule has 2 aromatic rings. The van der Waals surface area contributed by atoms with Crippen molar-refractivity contribution in [3.8, 4) is 11.3 Å². The summed E-state index contributed by atoms with van der Waals surface area (Å²) in [5, 5.41) is 0. The molecule has 3 nitrogen and oxygen atoms in total. The third-order valence-corrected chi connectivity index (χ3v) is 4.72. The number of likely N-dealkylation sites (tertiary alicyclic amines) is 1. The lowest BCUT2D eigenvalue weighted by atomic mass is 10.1. The summed E-state index contributed by atoms with van der Waals surface area (Å²) in [4.78, 5) is 18.4. The van der Waals surface area contributed by atoms with E-state index in [-0.39, 0.29) is 4.87 Å². The van der Waals surface area contributed by atoms with Crippen LogP contribution in [0.5, 0.6) is 0 Å². The number of hydrogen-bond acceptors (Lipinski definition) is 3. The second kappa shape index (κ2) is 6.37. The minimum Gasteiger partial charge on any atom is -0.312 e. The molecule has 1 aromatic carbocycles. The van der Waals surface area contributed by atoms with Gasteiger partial charge >= 0.3 is 4.87 Å². The van der Waals surface area contributed by atoms with Gasteiger partial charge in [-0.25, -0.2) is 0 Å². The zero-order valence-electron chi connectivity index (χ0n) is 11.6. The standard InChI is InChI=1S/C16H20N2OS/c19-16-17-15(13-8-4-3-5-9-13)14(20-16)12-18-10-6-1-2-7-11-18/h3-5,8-9H,1-2,6-7,10-12H2,(H,17,19). The van der Waals surface area contributed by atoms with Crippen LogP contribution in [0.4, 0.5) is 0 Å². The molecule has 1 aliphatic heterocycles. The summed E-state index contributed by atoms with van der Waals surface area (Å²) in [6.45, 7) is 3.20. The number of thiazole rings is 1. The number of aromatic nitrogens is 1. The summed E-state index contributed by atoms with van der Waals surface area (Å²) < 4.78 is 0. The highest BCUT2D eigenvalue weighted by Crippen LogP contribution is 2.25. The van der Waals surface area contributed by atoms with Gasteiger partial charge in [0.05, 0.1) is 5.69 Å². The summed E-state index contributed by atoms with van der Waals surface area (Å²) in [6, 6.07) is 10.2. The van der Waals surface area contributed by atoms with Crippen molar-refractivity contribution in [3.63, 3.8) is 0 Å². The van der Waals surface area contributed by atoms with Crippen molar-refractivity contribution in [2.75, 3.05) is 13.1 Å². The van der Waals surface area contributed by atoms with E-state index in [0.717, 1.165) is 30.9 Å². The van der Waals surface area contributed by atoms with Gasteiger partial charge < -0.3 is 4.98 Å². The van der Waals surface area contributed by atoms with Crippen LogP contribution in [-0.4, -0.2) is 23.0 Å². The third-order valence-electron chi connectivity index (χ3n) is 3.85. The van der Waals surface area contributed by atoms with Gasteiger partial charge in [0.1, 0.15) is 0 Å². The number of aromatic amines is 1. The normalized spacial score (nSPS) is 17.0. The van der Waals surface area contributed by atoms with E-state index < -0.39 is 0 Å². The quantitative estimate of drug-likeness (QED) is 0.938. The van der Waals surface area contributed by atoms with Gasteiger partial charge in [-0.1, -0.05) is 54.5 Å². The third kappa shape index (κ3) is 3.19. The van der Waals surface area contributed by atoms with Crippen LogP contribution < -0.4 is 4.87 Å². The van der Waals surface area contributed by atoms with E-state index in [2.05, 4.69) is 22.0 Å². The van der Waals surface area contributed by atoms with Gasteiger partial charge in [0.2, 0.25) is 0 Å². The molecule has 0 radical (unpaired) electrons. The highest BCUT2D eigenvalue weighted by atomic mass is 32.1. The van der Waals surface area contributed by atoms with Gasteiger partial charge in [-0.3, -0.25) is 9.69 Å². The molecule has 0 unspecified atom stereocenters. The van der Waals surface area contributed by atoms with Crippen molar-refractivity contribution in [1.82, 2.24) is 9.88 Å². The molecule has 0 aliphatic carbocycles. The molecule has 106 valence electrons. The summed E-state index contributed by atoms with van der Waals surface area (Å²) >= 11 is 1.36. The van der Waals surface area contributed by atoms with Crippen molar-refractivity contribution in [1.29, 1.82) is 0 Å². The second-order valence-corrected chi connectivity index (χ2v) is 6.44. The maximum absolute atomic E-state index is 11.7. The summed E-state index contributed by atoms with van der Waals surface area (Å²) in [6.07, 6.45) is 5.23. The van der Waals surface area contributed by atoms with Crippen LogP contribution in [0.2, 0.25) is 0 Å². The van der Waals surface area contributed by atoms with Gasteiger partial charge in [0, 0.05) is 11.4 Å². The number of rotatable bonds is 3. The molecule has 4 heteroatoms. The van der Waals surface area contributed by atoms with Gasteiger partial charge in [-0.2, -0.15) is 0 Å². The molecule has 0 spiro atoms. The first-order valence-electron chi connectivity index (χ1n) is 7.33. The molecule has 1 aliphatic rings. The largest absolute Gasteiger partial charge is 0.312 e. The van der Waals surface area contributed by atoms with E-state index in [1.807, 2.05) is 18.2 Å². The average molecular weight is 288 g/mol. The molecule has 2 heterocycles. The van der Waals surface area contributed by atoms with Crippen LogP contribution in [-0.2, 0) is 6.54 Å². The van der Waals surface area contributed by atoms with Crippen LogP contribution in [0.3, 0.4) is 0 Å². The number of benzene rings is 1. The Kier molecular flexibility index (Phi) is 4.33. The summed E-state index contributed by atoms with van der Waals surface area (Å²) in [5.74, 6) is 0. The Morgan fingerprint density at radius 3 is 2.45 bits per heavy atom. The van der Waals surface area contributed by atoms with Gasteiger partial charge in [-0.05, 0) is 31.5 Å². The van der Waals surface area contributed by atoms with E-state index >= 15 is 0 Å². The van der Waals surface area contributed by atoms with Crippen molar-refractivity contribution in [2.45, 2.75) is 32.2 Å². The van der Waals surface area contributed by atoms with E-state index in [9.17, 15) is 4.79 Å². The van der Waals surface area contributed by atoms with Crippen molar-refractivity contribution >= 4 is 11.3 Å².